The maximum atomic E-state index is 4.40. The lowest BCUT2D eigenvalue weighted by Crippen LogP contribution is -1.97. The molecule has 1 N–H and O–H groups in total. The van der Waals surface area contributed by atoms with Crippen LogP contribution in [0.3, 0.4) is 0 Å². The van der Waals surface area contributed by atoms with Gasteiger partial charge in [-0.25, -0.2) is 9.67 Å². The number of hydrogen-bond acceptors (Lipinski definition) is 5. The lowest BCUT2D eigenvalue weighted by molar-refractivity contribution is 0.687. The van der Waals surface area contributed by atoms with Crippen LogP contribution in [0.15, 0.2) is 29.8 Å². The van der Waals surface area contributed by atoms with Gasteiger partial charge in [0.2, 0.25) is 5.95 Å². The fraction of sp³-hybridized carbons (Fsp3) is 0.250. The second-order valence-electron chi connectivity index (χ2n) is 4.24. The Kier molecular flexibility index (Phi) is 2.90. The molecule has 3 rings (SSSR count). The van der Waals surface area contributed by atoms with Crippen molar-refractivity contribution in [2.45, 2.75) is 12.1 Å². The highest BCUT2D eigenvalue weighted by molar-refractivity contribution is 7.98. The first kappa shape index (κ1) is 12.0. The molecule has 3 aromatic rings. The lowest BCUT2D eigenvalue weighted by Gasteiger charge is -2.05. The Morgan fingerprint density at radius 2 is 2.21 bits per heavy atom. The first-order valence-corrected chi connectivity index (χ1v) is 7.05. The molecule has 0 radical (unpaired) electrons. The quantitative estimate of drug-likeness (QED) is 0.742. The minimum atomic E-state index is 0.603. The van der Waals surface area contributed by atoms with E-state index in [0.717, 1.165) is 22.1 Å². The maximum absolute atomic E-state index is 4.40. The van der Waals surface area contributed by atoms with E-state index in [9.17, 15) is 0 Å². The van der Waals surface area contributed by atoms with E-state index in [4.69, 9.17) is 0 Å². The highest BCUT2D eigenvalue weighted by atomic mass is 32.2. The number of anilines is 2. The minimum Gasteiger partial charge on any atom is -0.322 e. The summed E-state index contributed by atoms with van der Waals surface area (Å²) < 4.78 is 3.74. The average molecular weight is 274 g/mol. The molecule has 0 unspecified atom stereocenters. The third-order valence-corrected chi connectivity index (χ3v) is 3.55. The molecule has 0 aromatic carbocycles. The number of pyridine rings is 1. The standard InChI is InChI=1S/C12H14N6S/c1-8-6-9(7-18-5-4-13-10(8)18)14-11-15-12(19-3)17(2)16-11/h4-7H,1-3H3,(H,14,16). The molecule has 0 spiro atoms. The lowest BCUT2D eigenvalue weighted by atomic mass is 10.3. The van der Waals surface area contributed by atoms with Crippen molar-refractivity contribution in [3.8, 4) is 0 Å². The number of aromatic nitrogens is 5. The summed E-state index contributed by atoms with van der Waals surface area (Å²) in [5.41, 5.74) is 3.02. The van der Waals surface area contributed by atoms with Crippen LogP contribution in [-0.2, 0) is 7.05 Å². The van der Waals surface area contributed by atoms with Crippen LogP contribution in [0.1, 0.15) is 5.56 Å². The van der Waals surface area contributed by atoms with Gasteiger partial charge >= 0.3 is 0 Å². The second-order valence-corrected chi connectivity index (χ2v) is 5.01. The number of nitrogens with zero attached hydrogens (tertiary/aromatic N) is 5. The number of aryl methyl sites for hydroxylation is 2. The van der Waals surface area contributed by atoms with E-state index in [0.29, 0.717) is 5.95 Å². The molecule has 6 nitrogen and oxygen atoms in total. The molecule has 0 bridgehead atoms. The van der Waals surface area contributed by atoms with Crippen molar-refractivity contribution in [2.75, 3.05) is 11.6 Å². The van der Waals surface area contributed by atoms with Crippen LogP contribution in [0.2, 0.25) is 0 Å². The van der Waals surface area contributed by atoms with Gasteiger partial charge in [-0.15, -0.1) is 5.10 Å². The third kappa shape index (κ3) is 2.17. The van der Waals surface area contributed by atoms with Gasteiger partial charge in [-0.05, 0) is 24.8 Å². The zero-order chi connectivity index (χ0) is 13.4. The number of nitrogens with one attached hydrogen (secondary N) is 1. The largest absolute Gasteiger partial charge is 0.322 e. The molecule has 0 saturated carbocycles. The van der Waals surface area contributed by atoms with Crippen molar-refractivity contribution in [1.82, 2.24) is 24.1 Å². The van der Waals surface area contributed by atoms with Gasteiger partial charge in [-0.1, -0.05) is 11.8 Å². The number of rotatable bonds is 3. The van der Waals surface area contributed by atoms with E-state index in [2.05, 4.69) is 20.4 Å². The highest BCUT2D eigenvalue weighted by Gasteiger charge is 2.07. The third-order valence-electron chi connectivity index (χ3n) is 2.83. The Labute approximate surface area is 114 Å². The first-order valence-electron chi connectivity index (χ1n) is 5.83. The van der Waals surface area contributed by atoms with E-state index in [-0.39, 0.29) is 0 Å². The molecule has 98 valence electrons. The zero-order valence-electron chi connectivity index (χ0n) is 11.0. The summed E-state index contributed by atoms with van der Waals surface area (Å²) in [5, 5.41) is 8.42. The summed E-state index contributed by atoms with van der Waals surface area (Å²) in [4.78, 5) is 8.69. The zero-order valence-corrected chi connectivity index (χ0v) is 11.8. The molecule has 0 amide bonds. The molecule has 3 heterocycles. The summed E-state index contributed by atoms with van der Waals surface area (Å²) in [7, 11) is 1.88. The van der Waals surface area contributed by atoms with Gasteiger partial charge in [0.15, 0.2) is 5.16 Å². The smallest absolute Gasteiger partial charge is 0.247 e. The topological polar surface area (TPSA) is 60.0 Å². The molecule has 0 aliphatic rings. The Hall–Kier alpha value is -2.02. The van der Waals surface area contributed by atoms with Crippen LogP contribution in [0.25, 0.3) is 5.65 Å². The first-order chi connectivity index (χ1) is 9.17. The molecular formula is C12H14N6S. The molecule has 19 heavy (non-hydrogen) atoms. The molecule has 0 fully saturated rings. The van der Waals surface area contributed by atoms with Gasteiger partial charge in [-0.3, -0.25) is 0 Å². The monoisotopic (exact) mass is 274 g/mol. The van der Waals surface area contributed by atoms with Crippen LogP contribution in [0.5, 0.6) is 0 Å². The van der Waals surface area contributed by atoms with Gasteiger partial charge in [0, 0.05) is 25.6 Å². The Morgan fingerprint density at radius 3 is 2.95 bits per heavy atom. The minimum absolute atomic E-state index is 0.603. The van der Waals surface area contributed by atoms with Crippen molar-refractivity contribution < 1.29 is 0 Å². The predicted molar refractivity (Wildman–Crippen MR) is 76.0 cm³/mol. The Morgan fingerprint density at radius 1 is 1.37 bits per heavy atom. The van der Waals surface area contributed by atoms with Crippen LogP contribution in [0.4, 0.5) is 11.6 Å². The summed E-state index contributed by atoms with van der Waals surface area (Å²) in [5.74, 6) is 0.603. The van der Waals surface area contributed by atoms with Crippen LogP contribution >= 0.6 is 11.8 Å². The van der Waals surface area contributed by atoms with Gasteiger partial charge < -0.3 is 9.72 Å². The van der Waals surface area contributed by atoms with Crippen molar-refractivity contribution in [2.24, 2.45) is 7.05 Å². The molecule has 0 atom stereocenters. The van der Waals surface area contributed by atoms with Crippen molar-refractivity contribution in [1.29, 1.82) is 0 Å². The van der Waals surface area contributed by atoms with Gasteiger partial charge in [0.05, 0.1) is 5.69 Å². The van der Waals surface area contributed by atoms with Crippen molar-refractivity contribution in [3.05, 3.63) is 30.2 Å². The molecule has 7 heteroatoms. The number of fused-ring (bicyclic) bond motifs is 1. The van der Waals surface area contributed by atoms with Crippen LogP contribution in [-0.4, -0.2) is 30.4 Å². The highest BCUT2D eigenvalue weighted by Crippen LogP contribution is 2.19. The Balaban J connectivity index is 1.95. The summed E-state index contributed by atoms with van der Waals surface area (Å²) >= 11 is 1.57. The van der Waals surface area contributed by atoms with Crippen LogP contribution < -0.4 is 5.32 Å². The number of thioether (sulfide) groups is 1. The van der Waals surface area contributed by atoms with E-state index in [1.54, 1.807) is 22.6 Å². The van der Waals surface area contributed by atoms with E-state index < -0.39 is 0 Å². The summed E-state index contributed by atoms with van der Waals surface area (Å²) in [6, 6.07) is 2.04. The van der Waals surface area contributed by atoms with Gasteiger partial charge in [0.1, 0.15) is 5.65 Å². The predicted octanol–water partition coefficient (Wildman–Crippen LogP) is 2.24. The number of imidazole rings is 1. The summed E-state index contributed by atoms with van der Waals surface area (Å²) in [6.07, 6.45) is 7.67. The fourth-order valence-corrected chi connectivity index (χ4v) is 2.49. The molecule has 0 aliphatic heterocycles. The van der Waals surface area contributed by atoms with Gasteiger partial charge in [0.25, 0.3) is 0 Å². The van der Waals surface area contributed by atoms with Crippen molar-refractivity contribution >= 4 is 29.0 Å². The Bertz CT molecular complexity index is 729. The average Bonchev–Trinajstić information content (AvgIpc) is 2.96. The van der Waals surface area contributed by atoms with Gasteiger partial charge in [-0.2, -0.15) is 4.98 Å². The van der Waals surface area contributed by atoms with E-state index in [1.807, 2.05) is 43.1 Å². The van der Waals surface area contributed by atoms with E-state index >= 15 is 0 Å². The summed E-state index contributed by atoms with van der Waals surface area (Å²) in [6.45, 7) is 2.03. The molecule has 0 saturated heterocycles. The second kappa shape index (κ2) is 4.58. The van der Waals surface area contributed by atoms with Crippen molar-refractivity contribution in [3.63, 3.8) is 0 Å². The van der Waals surface area contributed by atoms with E-state index in [1.165, 1.54) is 0 Å². The SMILES string of the molecule is CSc1nc(Nc2cc(C)c3nccn3c2)nn1C. The molecular weight excluding hydrogens is 260 g/mol. The maximum Gasteiger partial charge on any atom is 0.247 e. The normalized spacial score (nSPS) is 11.1. The molecule has 0 aliphatic carbocycles. The number of hydrogen-bond donors (Lipinski definition) is 1. The fourth-order valence-electron chi connectivity index (χ4n) is 2.01. The van der Waals surface area contributed by atoms with Crippen LogP contribution in [0, 0.1) is 6.92 Å². The molecule has 3 aromatic heterocycles.